The summed E-state index contributed by atoms with van der Waals surface area (Å²) in [4.78, 5) is 2.48. The lowest BCUT2D eigenvalue weighted by Gasteiger charge is -1.83. The first-order valence-electron chi connectivity index (χ1n) is 2.84. The summed E-state index contributed by atoms with van der Waals surface area (Å²) < 4.78 is 4.01. The van der Waals surface area contributed by atoms with Crippen molar-refractivity contribution < 1.29 is 0 Å². The van der Waals surface area contributed by atoms with Crippen LogP contribution in [-0.2, 0) is 0 Å². The van der Waals surface area contributed by atoms with E-state index in [4.69, 9.17) is 0 Å². The van der Waals surface area contributed by atoms with Gasteiger partial charge in [0, 0.05) is 16.5 Å². The Kier molecular flexibility index (Phi) is 1.53. The van der Waals surface area contributed by atoms with Crippen LogP contribution in [0, 0.1) is 5.38 Å². The Morgan fingerprint density at radius 1 is 1.30 bits per heavy atom. The third-order valence-corrected chi connectivity index (χ3v) is 2.89. The number of rotatable bonds is 1. The highest BCUT2D eigenvalue weighted by Gasteiger charge is 1.97. The molecule has 3 heteroatoms. The topological polar surface area (TPSA) is 12.9 Å². The third-order valence-electron chi connectivity index (χ3n) is 1.15. The van der Waals surface area contributed by atoms with Crippen molar-refractivity contribution in [3.05, 3.63) is 29.8 Å². The molecule has 2 aromatic heterocycles. The highest BCUT2D eigenvalue weighted by atomic mass is 32.1. The van der Waals surface area contributed by atoms with Gasteiger partial charge in [0.05, 0.1) is 4.88 Å². The number of hydrogen-bond donors (Lipinski definition) is 0. The van der Waals surface area contributed by atoms with Crippen LogP contribution in [-0.4, -0.2) is 4.37 Å². The van der Waals surface area contributed by atoms with Crippen molar-refractivity contribution in [2.45, 2.75) is 0 Å². The van der Waals surface area contributed by atoms with E-state index in [0.29, 0.717) is 0 Å². The SMILES string of the molecule is [c]1ccc(-c2ccns2)s1. The molecule has 0 N–H and O–H groups in total. The van der Waals surface area contributed by atoms with Crippen molar-refractivity contribution in [3.8, 4) is 9.75 Å². The van der Waals surface area contributed by atoms with E-state index >= 15 is 0 Å². The van der Waals surface area contributed by atoms with Crippen LogP contribution in [0.3, 0.4) is 0 Å². The van der Waals surface area contributed by atoms with Crippen LogP contribution < -0.4 is 0 Å². The van der Waals surface area contributed by atoms with Gasteiger partial charge in [-0.3, -0.25) is 0 Å². The molecule has 0 atom stereocenters. The summed E-state index contributed by atoms with van der Waals surface area (Å²) in [5.41, 5.74) is 0. The van der Waals surface area contributed by atoms with Gasteiger partial charge >= 0.3 is 0 Å². The zero-order chi connectivity index (χ0) is 6.81. The Labute approximate surface area is 67.1 Å². The van der Waals surface area contributed by atoms with Gasteiger partial charge < -0.3 is 0 Å². The van der Waals surface area contributed by atoms with Crippen molar-refractivity contribution in [1.29, 1.82) is 0 Å². The van der Waals surface area contributed by atoms with Gasteiger partial charge in [0.15, 0.2) is 0 Å². The van der Waals surface area contributed by atoms with E-state index in [-0.39, 0.29) is 0 Å². The van der Waals surface area contributed by atoms with Gasteiger partial charge in [-0.1, -0.05) is 0 Å². The molecule has 0 aliphatic heterocycles. The quantitative estimate of drug-likeness (QED) is 0.634. The molecular formula is C7H4NS2. The molecule has 1 radical (unpaired) electrons. The Morgan fingerprint density at radius 2 is 2.30 bits per heavy atom. The fourth-order valence-corrected chi connectivity index (χ4v) is 2.04. The second-order valence-corrected chi connectivity index (χ2v) is 3.51. The fourth-order valence-electron chi connectivity index (χ4n) is 0.717. The highest BCUT2D eigenvalue weighted by molar-refractivity contribution is 7.18. The van der Waals surface area contributed by atoms with E-state index in [1.807, 2.05) is 18.3 Å². The van der Waals surface area contributed by atoms with E-state index in [1.54, 1.807) is 11.3 Å². The Balaban J connectivity index is 2.48. The number of aromatic nitrogens is 1. The molecule has 10 heavy (non-hydrogen) atoms. The summed E-state index contributed by atoms with van der Waals surface area (Å²) in [5, 5.41) is 3.04. The monoisotopic (exact) mass is 166 g/mol. The van der Waals surface area contributed by atoms with Crippen molar-refractivity contribution in [3.63, 3.8) is 0 Å². The minimum Gasteiger partial charge on any atom is -0.201 e. The largest absolute Gasteiger partial charge is 0.201 e. The molecule has 0 aliphatic carbocycles. The molecule has 0 aromatic carbocycles. The van der Waals surface area contributed by atoms with Gasteiger partial charge in [-0.25, -0.2) is 4.37 Å². The Bertz CT molecular complexity index is 251. The standard InChI is InChI=1S/C7H4NS2/c1-2-6(9-5-1)7-3-4-8-10-7/h1-4H. The smallest absolute Gasteiger partial charge is 0.0649 e. The van der Waals surface area contributed by atoms with Gasteiger partial charge in [-0.2, -0.15) is 0 Å². The lowest BCUT2D eigenvalue weighted by molar-refractivity contribution is 1.58. The zero-order valence-corrected chi connectivity index (χ0v) is 6.71. The van der Waals surface area contributed by atoms with E-state index in [0.717, 1.165) is 0 Å². The third kappa shape index (κ3) is 0.978. The van der Waals surface area contributed by atoms with E-state index in [9.17, 15) is 0 Å². The summed E-state index contributed by atoms with van der Waals surface area (Å²) in [6, 6.07) is 6.00. The van der Waals surface area contributed by atoms with E-state index < -0.39 is 0 Å². The van der Waals surface area contributed by atoms with Crippen LogP contribution in [0.4, 0.5) is 0 Å². The lowest BCUT2D eigenvalue weighted by Crippen LogP contribution is -1.55. The average Bonchev–Trinajstić information content (AvgIpc) is 2.59. The molecule has 0 spiro atoms. The zero-order valence-electron chi connectivity index (χ0n) is 5.07. The maximum absolute atomic E-state index is 4.01. The second-order valence-electron chi connectivity index (χ2n) is 1.79. The van der Waals surface area contributed by atoms with Crippen LogP contribution in [0.2, 0.25) is 0 Å². The Hall–Kier alpha value is -0.670. The molecule has 2 rings (SSSR count). The molecule has 1 nitrogen and oxygen atoms in total. The molecule has 2 heterocycles. The first-order chi connectivity index (χ1) is 4.97. The average molecular weight is 166 g/mol. The minimum atomic E-state index is 1.23. The van der Waals surface area contributed by atoms with Crippen molar-refractivity contribution >= 4 is 22.9 Å². The molecule has 0 bridgehead atoms. The van der Waals surface area contributed by atoms with Crippen LogP contribution >= 0.6 is 22.9 Å². The minimum absolute atomic E-state index is 1.23. The van der Waals surface area contributed by atoms with Gasteiger partial charge in [-0.05, 0) is 29.7 Å². The number of nitrogens with zero attached hydrogens (tertiary/aromatic N) is 1. The second kappa shape index (κ2) is 2.52. The molecule has 0 saturated heterocycles. The molecule has 0 fully saturated rings. The molecule has 2 aromatic rings. The molecule has 49 valence electrons. The maximum atomic E-state index is 4.01. The highest BCUT2D eigenvalue weighted by Crippen LogP contribution is 2.26. The Morgan fingerprint density at radius 3 is 2.90 bits per heavy atom. The van der Waals surface area contributed by atoms with Crippen LogP contribution in [0.1, 0.15) is 0 Å². The normalized spacial score (nSPS) is 10.0. The molecule has 0 aliphatic rings. The fraction of sp³-hybridized carbons (Fsp3) is 0. The summed E-state index contributed by atoms with van der Waals surface area (Å²) in [5.74, 6) is 0. The predicted molar refractivity (Wildman–Crippen MR) is 44.3 cm³/mol. The molecule has 0 saturated carbocycles. The number of thiophene rings is 1. The van der Waals surface area contributed by atoms with Gasteiger partial charge in [0.1, 0.15) is 0 Å². The molecule has 0 unspecified atom stereocenters. The molecule has 0 amide bonds. The summed E-state index contributed by atoms with van der Waals surface area (Å²) in [6.07, 6.45) is 1.82. The van der Waals surface area contributed by atoms with Crippen LogP contribution in [0.25, 0.3) is 9.75 Å². The predicted octanol–water partition coefficient (Wildman–Crippen LogP) is 2.67. The first kappa shape index (κ1) is 6.07. The van der Waals surface area contributed by atoms with E-state index in [1.165, 1.54) is 21.3 Å². The first-order valence-corrected chi connectivity index (χ1v) is 4.43. The summed E-state index contributed by atoms with van der Waals surface area (Å²) in [6.45, 7) is 0. The maximum Gasteiger partial charge on any atom is 0.0649 e. The van der Waals surface area contributed by atoms with Crippen LogP contribution in [0.5, 0.6) is 0 Å². The van der Waals surface area contributed by atoms with Crippen molar-refractivity contribution in [2.24, 2.45) is 0 Å². The molecular weight excluding hydrogens is 162 g/mol. The van der Waals surface area contributed by atoms with Crippen LogP contribution in [0.15, 0.2) is 24.4 Å². The van der Waals surface area contributed by atoms with Crippen molar-refractivity contribution in [1.82, 2.24) is 4.37 Å². The van der Waals surface area contributed by atoms with Gasteiger partial charge in [-0.15, -0.1) is 11.3 Å². The van der Waals surface area contributed by atoms with Gasteiger partial charge in [0.2, 0.25) is 0 Å². The summed E-state index contributed by atoms with van der Waals surface area (Å²) >= 11 is 3.15. The van der Waals surface area contributed by atoms with Crippen molar-refractivity contribution in [2.75, 3.05) is 0 Å². The van der Waals surface area contributed by atoms with Gasteiger partial charge in [0.25, 0.3) is 0 Å². The lowest BCUT2D eigenvalue weighted by atomic mass is 10.4. The number of hydrogen-bond acceptors (Lipinski definition) is 3. The summed E-state index contributed by atoms with van der Waals surface area (Å²) in [7, 11) is 0. The van der Waals surface area contributed by atoms with E-state index in [2.05, 4.69) is 15.8 Å².